The first-order chi connectivity index (χ1) is 14.3. The molecule has 4 rings (SSSR count). The van der Waals surface area contributed by atoms with Crippen LogP contribution in [0.25, 0.3) is 15.9 Å². The van der Waals surface area contributed by atoms with Crippen LogP contribution in [0.2, 0.25) is 0 Å². The van der Waals surface area contributed by atoms with Gasteiger partial charge >= 0.3 is 0 Å². The van der Waals surface area contributed by atoms with Crippen LogP contribution in [0.15, 0.2) is 34.2 Å². The zero-order valence-corrected chi connectivity index (χ0v) is 18.9. The van der Waals surface area contributed by atoms with E-state index >= 15 is 0 Å². The van der Waals surface area contributed by atoms with Gasteiger partial charge in [-0.25, -0.2) is 4.98 Å². The van der Waals surface area contributed by atoms with Gasteiger partial charge in [0.25, 0.3) is 5.56 Å². The number of aliphatic carboxylic acids is 1. The zero-order valence-electron chi connectivity index (χ0n) is 17.3. The minimum Gasteiger partial charge on any atom is -0.549 e. The van der Waals surface area contributed by atoms with Gasteiger partial charge in [0.1, 0.15) is 4.83 Å². The summed E-state index contributed by atoms with van der Waals surface area (Å²) < 4.78 is 7.53. The topological polar surface area (TPSA) is 84.3 Å². The zero-order chi connectivity index (χ0) is 21.6. The molecule has 0 saturated heterocycles. The van der Waals surface area contributed by atoms with Gasteiger partial charge in [-0.15, -0.1) is 11.3 Å². The van der Waals surface area contributed by atoms with E-state index in [4.69, 9.17) is 9.72 Å². The van der Waals surface area contributed by atoms with Crippen LogP contribution in [0, 0.1) is 12.8 Å². The molecule has 0 unspecified atom stereocenters. The Morgan fingerprint density at radius 2 is 2.07 bits per heavy atom. The van der Waals surface area contributed by atoms with Gasteiger partial charge in [-0.3, -0.25) is 9.36 Å². The van der Waals surface area contributed by atoms with Crippen LogP contribution in [0.5, 0.6) is 0 Å². The highest BCUT2D eigenvalue weighted by molar-refractivity contribution is 8.00. The highest BCUT2D eigenvalue weighted by Gasteiger charge is 2.29. The lowest BCUT2D eigenvalue weighted by Crippen LogP contribution is -2.32. The molecule has 8 heteroatoms. The second kappa shape index (κ2) is 8.17. The van der Waals surface area contributed by atoms with Crippen molar-refractivity contribution < 1.29 is 14.6 Å². The maximum Gasteiger partial charge on any atom is 0.267 e. The van der Waals surface area contributed by atoms with Gasteiger partial charge in [0, 0.05) is 16.5 Å². The van der Waals surface area contributed by atoms with E-state index in [2.05, 4.69) is 13.8 Å². The molecule has 0 aliphatic carbocycles. The molecule has 3 aromatic rings. The predicted octanol–water partition coefficient (Wildman–Crippen LogP) is 3.08. The number of rotatable bonds is 5. The number of para-hydroxylation sites is 1. The van der Waals surface area contributed by atoms with Crippen LogP contribution in [0.1, 0.15) is 36.8 Å². The van der Waals surface area contributed by atoms with E-state index in [-0.39, 0.29) is 11.7 Å². The molecule has 1 aliphatic heterocycles. The van der Waals surface area contributed by atoms with E-state index in [1.54, 1.807) is 11.5 Å². The number of thiophene rings is 1. The molecule has 0 fully saturated rings. The summed E-state index contributed by atoms with van der Waals surface area (Å²) in [7, 11) is 0. The van der Waals surface area contributed by atoms with Crippen molar-refractivity contribution in [3.8, 4) is 5.69 Å². The van der Waals surface area contributed by atoms with Gasteiger partial charge in [-0.1, -0.05) is 43.8 Å². The van der Waals surface area contributed by atoms with E-state index in [0.717, 1.165) is 27.8 Å². The minimum atomic E-state index is -1.19. The summed E-state index contributed by atoms with van der Waals surface area (Å²) in [5, 5.41) is 11.5. The van der Waals surface area contributed by atoms with Crippen LogP contribution in [-0.4, -0.2) is 26.9 Å². The minimum absolute atomic E-state index is 0.0637. The van der Waals surface area contributed by atoms with Crippen molar-refractivity contribution in [1.29, 1.82) is 0 Å². The summed E-state index contributed by atoms with van der Waals surface area (Å²) in [6.45, 7) is 8.17. The normalized spacial score (nSPS) is 17.3. The third-order valence-corrected chi connectivity index (χ3v) is 7.56. The summed E-state index contributed by atoms with van der Waals surface area (Å²) >= 11 is 2.49. The second-order valence-electron chi connectivity index (χ2n) is 7.88. The number of aromatic nitrogens is 2. The monoisotopic (exact) mass is 443 g/mol. The van der Waals surface area contributed by atoms with Crippen molar-refractivity contribution in [3.63, 3.8) is 0 Å². The molecule has 1 aromatic carbocycles. The Morgan fingerprint density at radius 3 is 2.73 bits per heavy atom. The molecule has 158 valence electrons. The summed E-state index contributed by atoms with van der Waals surface area (Å²) in [4.78, 5) is 31.5. The Kier molecular flexibility index (Phi) is 5.74. The van der Waals surface area contributed by atoms with Crippen LogP contribution in [-0.2, 0) is 22.6 Å². The number of fused-ring (bicyclic) bond motifs is 3. The quantitative estimate of drug-likeness (QED) is 0.445. The molecule has 0 saturated carbocycles. The lowest BCUT2D eigenvalue weighted by Gasteiger charge is -2.26. The number of carboxylic acids is 1. The van der Waals surface area contributed by atoms with Gasteiger partial charge in [0.2, 0.25) is 0 Å². The number of ether oxygens (including phenoxy) is 1. The molecule has 2 aromatic heterocycles. The van der Waals surface area contributed by atoms with Crippen LogP contribution >= 0.6 is 23.1 Å². The highest BCUT2D eigenvalue weighted by Crippen LogP contribution is 2.37. The maximum absolute atomic E-state index is 13.8. The number of carbonyl (C=O) groups excluding carboxylic acids is 1. The van der Waals surface area contributed by atoms with Crippen molar-refractivity contribution in [3.05, 3.63) is 50.6 Å². The number of nitrogens with zero attached hydrogens (tertiary/aromatic N) is 2. The van der Waals surface area contributed by atoms with Gasteiger partial charge in [0.05, 0.1) is 29.8 Å². The fourth-order valence-electron chi connectivity index (χ4n) is 3.65. The first-order valence-electron chi connectivity index (χ1n) is 9.90. The number of benzene rings is 1. The molecule has 0 radical (unpaired) electrons. The van der Waals surface area contributed by atoms with Crippen molar-refractivity contribution in [1.82, 2.24) is 9.55 Å². The number of aryl methyl sites for hydroxylation is 1. The predicted molar refractivity (Wildman–Crippen MR) is 117 cm³/mol. The van der Waals surface area contributed by atoms with E-state index in [1.165, 1.54) is 11.3 Å². The number of hydrogen-bond donors (Lipinski definition) is 0. The highest BCUT2D eigenvalue weighted by atomic mass is 32.2. The van der Waals surface area contributed by atoms with Crippen LogP contribution in [0.3, 0.4) is 0 Å². The van der Waals surface area contributed by atoms with Crippen molar-refractivity contribution in [2.24, 2.45) is 5.92 Å². The van der Waals surface area contributed by atoms with Gasteiger partial charge in [0.15, 0.2) is 5.16 Å². The number of carboxylic acid groups (broad SMARTS) is 1. The SMILES string of the molecule is Cc1ccccc1-n1c(S[C@@H](C)C(=O)[O-])nc2sc3c(c2c1=O)C[C@@H](C(C)C)OC3. The lowest BCUT2D eigenvalue weighted by atomic mass is 9.96. The number of thioether (sulfide) groups is 1. The Morgan fingerprint density at radius 1 is 1.33 bits per heavy atom. The summed E-state index contributed by atoms with van der Waals surface area (Å²) in [6, 6.07) is 7.55. The van der Waals surface area contributed by atoms with Gasteiger partial charge < -0.3 is 14.6 Å². The Hall–Kier alpha value is -2.16. The molecule has 1 aliphatic rings. The molecule has 0 N–H and O–H groups in total. The molecule has 0 spiro atoms. The molecule has 6 nitrogen and oxygen atoms in total. The second-order valence-corrected chi connectivity index (χ2v) is 10.3. The Bertz CT molecular complexity index is 1180. The van der Waals surface area contributed by atoms with E-state index in [1.807, 2.05) is 31.2 Å². The standard InChI is InChI=1S/C22H24N2O4S2/c1-11(2)16-9-14-17(10-28-16)30-19-18(14)20(25)24(15-8-6-5-7-12(15)3)22(23-19)29-13(4)21(26)27/h5-8,11,13,16H,9-10H2,1-4H3,(H,26,27)/p-1/t13-,16-/m0/s1. The molecule has 30 heavy (non-hydrogen) atoms. The lowest BCUT2D eigenvalue weighted by molar-refractivity contribution is -0.304. The van der Waals surface area contributed by atoms with Crippen molar-refractivity contribution in [2.45, 2.75) is 57.2 Å². The average Bonchev–Trinajstić information content (AvgIpc) is 3.06. The molecular weight excluding hydrogens is 420 g/mol. The first-order valence-corrected chi connectivity index (χ1v) is 11.6. The van der Waals surface area contributed by atoms with Crippen molar-refractivity contribution in [2.75, 3.05) is 0 Å². The third kappa shape index (κ3) is 3.68. The van der Waals surface area contributed by atoms with Crippen LogP contribution < -0.4 is 10.7 Å². The summed E-state index contributed by atoms with van der Waals surface area (Å²) in [5.74, 6) is -0.845. The van der Waals surface area contributed by atoms with E-state index in [9.17, 15) is 14.7 Å². The average molecular weight is 444 g/mol. The number of hydrogen-bond acceptors (Lipinski definition) is 7. The van der Waals surface area contributed by atoms with Crippen molar-refractivity contribution >= 4 is 39.3 Å². The molecule has 3 heterocycles. The molecule has 0 bridgehead atoms. The molecule has 0 amide bonds. The molecular formula is C22H23N2O4S2-. The first kappa shape index (κ1) is 21.1. The fraction of sp³-hybridized carbons (Fsp3) is 0.409. The molecule has 2 atom stereocenters. The largest absolute Gasteiger partial charge is 0.549 e. The fourth-order valence-corrected chi connectivity index (χ4v) is 5.66. The van der Waals surface area contributed by atoms with Gasteiger partial charge in [-0.05, 0) is 37.0 Å². The Labute approximate surface area is 182 Å². The van der Waals surface area contributed by atoms with E-state index < -0.39 is 11.2 Å². The summed E-state index contributed by atoms with van der Waals surface area (Å²) in [6.07, 6.45) is 0.744. The third-order valence-electron chi connectivity index (χ3n) is 5.43. The maximum atomic E-state index is 13.8. The number of carbonyl (C=O) groups is 1. The van der Waals surface area contributed by atoms with Gasteiger partial charge in [-0.2, -0.15) is 0 Å². The summed E-state index contributed by atoms with van der Waals surface area (Å²) in [5.41, 5.74) is 2.47. The Balaban J connectivity index is 1.97. The van der Waals surface area contributed by atoms with Crippen LogP contribution in [0.4, 0.5) is 0 Å². The smallest absolute Gasteiger partial charge is 0.267 e. The van der Waals surface area contributed by atoms with E-state index in [0.29, 0.717) is 40.0 Å².